The van der Waals surface area contributed by atoms with Crippen molar-refractivity contribution in [1.82, 2.24) is 0 Å². The topological polar surface area (TPSA) is 32.7 Å². The molecule has 1 aliphatic rings. The molecular formula is C17H27NO2. The lowest BCUT2D eigenvalue weighted by Crippen LogP contribution is -2.42. The van der Waals surface area contributed by atoms with Gasteiger partial charge in [-0.1, -0.05) is 26.8 Å². The summed E-state index contributed by atoms with van der Waals surface area (Å²) in [5.41, 5.74) is 2.02. The predicted octanol–water partition coefficient (Wildman–Crippen LogP) is 3.34. The average Bonchev–Trinajstić information content (AvgIpc) is 2.37. The van der Waals surface area contributed by atoms with Gasteiger partial charge in [0.1, 0.15) is 5.75 Å². The SMILES string of the molecule is COc1cc(C(C)(C)C)ccc1N1CCC(C)(O)CC1. The van der Waals surface area contributed by atoms with Gasteiger partial charge in [0.2, 0.25) is 0 Å². The van der Waals surface area contributed by atoms with Crippen LogP contribution < -0.4 is 9.64 Å². The molecule has 1 aromatic carbocycles. The summed E-state index contributed by atoms with van der Waals surface area (Å²) in [5, 5.41) is 10.1. The first-order chi connectivity index (χ1) is 9.23. The lowest BCUT2D eigenvalue weighted by molar-refractivity contribution is 0.0350. The van der Waals surface area contributed by atoms with Gasteiger partial charge in [0.05, 0.1) is 18.4 Å². The quantitative estimate of drug-likeness (QED) is 0.900. The van der Waals surface area contributed by atoms with Gasteiger partial charge >= 0.3 is 0 Å². The maximum atomic E-state index is 10.1. The molecule has 0 amide bonds. The first-order valence-corrected chi connectivity index (χ1v) is 7.39. The Morgan fingerprint density at radius 3 is 2.30 bits per heavy atom. The lowest BCUT2D eigenvalue weighted by atomic mass is 9.86. The van der Waals surface area contributed by atoms with E-state index in [4.69, 9.17) is 4.74 Å². The molecule has 3 nitrogen and oxygen atoms in total. The maximum Gasteiger partial charge on any atom is 0.142 e. The van der Waals surface area contributed by atoms with Crippen molar-refractivity contribution in [3.05, 3.63) is 23.8 Å². The van der Waals surface area contributed by atoms with E-state index >= 15 is 0 Å². The summed E-state index contributed by atoms with van der Waals surface area (Å²) in [6, 6.07) is 6.48. The third-order valence-corrected chi connectivity index (χ3v) is 4.23. The van der Waals surface area contributed by atoms with Gasteiger partial charge in [0, 0.05) is 13.1 Å². The molecule has 0 unspecified atom stereocenters. The zero-order valence-corrected chi connectivity index (χ0v) is 13.4. The number of ether oxygens (including phenoxy) is 1. The van der Waals surface area contributed by atoms with Crippen LogP contribution in [0.5, 0.6) is 5.75 Å². The van der Waals surface area contributed by atoms with Crippen LogP contribution in [-0.2, 0) is 5.41 Å². The molecule has 3 heteroatoms. The van der Waals surface area contributed by atoms with Crippen molar-refractivity contribution in [3.8, 4) is 5.75 Å². The fraction of sp³-hybridized carbons (Fsp3) is 0.647. The molecule has 0 aliphatic carbocycles. The Kier molecular flexibility index (Phi) is 4.01. The Bertz CT molecular complexity index is 464. The van der Waals surface area contributed by atoms with Gasteiger partial charge in [-0.3, -0.25) is 0 Å². The van der Waals surface area contributed by atoms with Crippen LogP contribution in [0.25, 0.3) is 0 Å². The number of aliphatic hydroxyl groups is 1. The molecule has 1 saturated heterocycles. The summed E-state index contributed by atoms with van der Waals surface area (Å²) >= 11 is 0. The second-order valence-electron chi connectivity index (χ2n) is 7.12. The minimum Gasteiger partial charge on any atom is -0.495 e. The van der Waals surface area contributed by atoms with Crippen LogP contribution in [-0.4, -0.2) is 30.9 Å². The zero-order valence-electron chi connectivity index (χ0n) is 13.4. The number of hydrogen-bond donors (Lipinski definition) is 1. The summed E-state index contributed by atoms with van der Waals surface area (Å²) in [6.45, 7) is 10.3. The van der Waals surface area contributed by atoms with Crippen molar-refractivity contribution in [3.63, 3.8) is 0 Å². The van der Waals surface area contributed by atoms with E-state index in [2.05, 4.69) is 43.9 Å². The normalized spacial score (nSPS) is 19.0. The van der Waals surface area contributed by atoms with Gasteiger partial charge in [0.15, 0.2) is 0 Å². The molecule has 20 heavy (non-hydrogen) atoms. The smallest absolute Gasteiger partial charge is 0.142 e. The van der Waals surface area contributed by atoms with Crippen molar-refractivity contribution in [2.75, 3.05) is 25.1 Å². The van der Waals surface area contributed by atoms with Crippen LogP contribution in [0.15, 0.2) is 18.2 Å². The molecule has 1 aliphatic heterocycles. The number of nitrogens with zero attached hydrogens (tertiary/aromatic N) is 1. The maximum absolute atomic E-state index is 10.1. The second-order valence-corrected chi connectivity index (χ2v) is 7.12. The molecule has 1 N–H and O–H groups in total. The number of piperidine rings is 1. The van der Waals surface area contributed by atoms with Gasteiger partial charge in [-0.15, -0.1) is 0 Å². The van der Waals surface area contributed by atoms with Crippen LogP contribution in [0, 0.1) is 0 Å². The zero-order chi connectivity index (χ0) is 15.0. The van der Waals surface area contributed by atoms with E-state index in [1.165, 1.54) is 5.56 Å². The highest BCUT2D eigenvalue weighted by atomic mass is 16.5. The molecule has 1 aromatic rings. The second kappa shape index (κ2) is 5.28. The van der Waals surface area contributed by atoms with Crippen molar-refractivity contribution in [2.45, 2.75) is 51.6 Å². The van der Waals surface area contributed by atoms with E-state index in [0.29, 0.717) is 0 Å². The molecule has 112 valence electrons. The average molecular weight is 277 g/mol. The number of benzene rings is 1. The lowest BCUT2D eigenvalue weighted by Gasteiger charge is -2.38. The van der Waals surface area contributed by atoms with Gasteiger partial charge in [0.25, 0.3) is 0 Å². The van der Waals surface area contributed by atoms with Crippen molar-refractivity contribution >= 4 is 5.69 Å². The molecule has 0 bridgehead atoms. The van der Waals surface area contributed by atoms with Crippen LogP contribution in [0.4, 0.5) is 5.69 Å². The van der Waals surface area contributed by atoms with Gasteiger partial charge < -0.3 is 14.7 Å². The summed E-state index contributed by atoms with van der Waals surface area (Å²) in [4.78, 5) is 2.31. The van der Waals surface area contributed by atoms with Crippen molar-refractivity contribution in [1.29, 1.82) is 0 Å². The molecule has 0 aromatic heterocycles. The van der Waals surface area contributed by atoms with Gasteiger partial charge in [-0.25, -0.2) is 0 Å². The molecule has 0 spiro atoms. The molecule has 0 atom stereocenters. The van der Waals surface area contributed by atoms with E-state index in [0.717, 1.165) is 37.4 Å². The summed E-state index contributed by atoms with van der Waals surface area (Å²) in [7, 11) is 1.73. The largest absolute Gasteiger partial charge is 0.495 e. The molecular weight excluding hydrogens is 250 g/mol. The summed E-state index contributed by atoms with van der Waals surface area (Å²) < 4.78 is 5.58. The summed E-state index contributed by atoms with van der Waals surface area (Å²) in [6.07, 6.45) is 1.61. The third-order valence-electron chi connectivity index (χ3n) is 4.23. The fourth-order valence-corrected chi connectivity index (χ4v) is 2.63. The summed E-state index contributed by atoms with van der Waals surface area (Å²) in [5.74, 6) is 0.930. The van der Waals surface area contributed by atoms with Crippen LogP contribution in [0.2, 0.25) is 0 Å². The van der Waals surface area contributed by atoms with E-state index < -0.39 is 5.60 Å². The minimum absolute atomic E-state index is 0.122. The standard InChI is InChI=1S/C17H27NO2/c1-16(2,3)13-6-7-14(15(12-13)20-5)18-10-8-17(4,19)9-11-18/h6-7,12,19H,8-11H2,1-5H3. The fourth-order valence-electron chi connectivity index (χ4n) is 2.63. The number of hydrogen-bond acceptors (Lipinski definition) is 3. The number of anilines is 1. The predicted molar refractivity (Wildman–Crippen MR) is 83.8 cm³/mol. The molecule has 0 saturated carbocycles. The van der Waals surface area contributed by atoms with E-state index in [1.54, 1.807) is 7.11 Å². The minimum atomic E-state index is -0.519. The highest BCUT2D eigenvalue weighted by Gasteiger charge is 2.28. The molecule has 1 fully saturated rings. The number of rotatable bonds is 2. The molecule has 2 rings (SSSR count). The van der Waals surface area contributed by atoms with Crippen molar-refractivity contribution < 1.29 is 9.84 Å². The number of methoxy groups -OCH3 is 1. The van der Waals surface area contributed by atoms with Gasteiger partial charge in [-0.2, -0.15) is 0 Å². The van der Waals surface area contributed by atoms with Crippen LogP contribution in [0.1, 0.15) is 46.1 Å². The first kappa shape index (κ1) is 15.2. The Labute approximate surface area is 122 Å². The van der Waals surface area contributed by atoms with E-state index in [9.17, 15) is 5.11 Å². The Morgan fingerprint density at radius 2 is 1.80 bits per heavy atom. The van der Waals surface area contributed by atoms with E-state index in [1.807, 2.05) is 6.92 Å². The highest BCUT2D eigenvalue weighted by molar-refractivity contribution is 5.60. The monoisotopic (exact) mass is 277 g/mol. The van der Waals surface area contributed by atoms with Crippen molar-refractivity contribution in [2.24, 2.45) is 0 Å². The van der Waals surface area contributed by atoms with E-state index in [-0.39, 0.29) is 5.41 Å². The first-order valence-electron chi connectivity index (χ1n) is 7.39. The van der Waals surface area contributed by atoms with Gasteiger partial charge in [-0.05, 0) is 42.9 Å². The highest BCUT2D eigenvalue weighted by Crippen LogP contribution is 2.36. The third kappa shape index (κ3) is 3.26. The Hall–Kier alpha value is -1.22. The molecule has 1 heterocycles. The van der Waals surface area contributed by atoms with Crippen LogP contribution in [0.3, 0.4) is 0 Å². The molecule has 0 radical (unpaired) electrons. The van der Waals surface area contributed by atoms with Crippen LogP contribution >= 0.6 is 0 Å². The Balaban J connectivity index is 2.25. The Morgan fingerprint density at radius 1 is 1.20 bits per heavy atom.